The van der Waals surface area contributed by atoms with Crippen LogP contribution in [0.15, 0.2) is 36.8 Å². The molecule has 124 valence electrons. The Morgan fingerprint density at radius 3 is 2.78 bits per heavy atom. The predicted octanol–water partition coefficient (Wildman–Crippen LogP) is 0.774. The van der Waals surface area contributed by atoms with Crippen LogP contribution in [0, 0.1) is 0 Å². The third-order valence-electron chi connectivity index (χ3n) is 3.95. The van der Waals surface area contributed by atoms with E-state index in [9.17, 15) is 8.42 Å². The number of aromatic nitrogens is 3. The third kappa shape index (κ3) is 4.37. The van der Waals surface area contributed by atoms with Gasteiger partial charge in [-0.3, -0.25) is 14.6 Å². The van der Waals surface area contributed by atoms with E-state index in [-0.39, 0.29) is 6.04 Å². The van der Waals surface area contributed by atoms with Crippen molar-refractivity contribution in [1.29, 1.82) is 0 Å². The monoisotopic (exact) mass is 335 g/mol. The lowest BCUT2D eigenvalue weighted by atomic mass is 10.1. The molecule has 23 heavy (non-hydrogen) atoms. The molecule has 3 rings (SSSR count). The highest BCUT2D eigenvalue weighted by Gasteiger charge is 2.25. The Labute approximate surface area is 136 Å². The number of pyridine rings is 1. The summed E-state index contributed by atoms with van der Waals surface area (Å²) in [6.07, 6.45) is 7.31. The van der Waals surface area contributed by atoms with Crippen LogP contribution >= 0.6 is 0 Å². The smallest absolute Gasteiger partial charge is 0.208 e. The Bertz CT molecular complexity index is 744. The average molecular weight is 335 g/mol. The Kier molecular flexibility index (Phi) is 4.74. The first-order chi connectivity index (χ1) is 11.0. The van der Waals surface area contributed by atoms with Gasteiger partial charge in [0.15, 0.2) is 0 Å². The van der Waals surface area contributed by atoms with E-state index in [1.54, 1.807) is 12.4 Å². The van der Waals surface area contributed by atoms with Gasteiger partial charge in [0.2, 0.25) is 10.0 Å². The minimum absolute atomic E-state index is 0.171. The molecule has 1 aliphatic rings. The fourth-order valence-corrected chi connectivity index (χ4v) is 3.44. The molecular formula is C15H21N5O2S. The molecule has 0 saturated carbocycles. The molecule has 1 N–H and O–H groups in total. The summed E-state index contributed by atoms with van der Waals surface area (Å²) in [7, 11) is -3.15. The number of nitrogens with zero attached hydrogens (tertiary/aromatic N) is 4. The lowest BCUT2D eigenvalue weighted by Crippen LogP contribution is -2.38. The SMILES string of the molecule is CS(=O)(=O)NCC[C@H]1CN(Cc2ccncc2)Cc2ccnn21. The highest BCUT2D eigenvalue weighted by molar-refractivity contribution is 7.88. The van der Waals surface area contributed by atoms with Gasteiger partial charge in [0.25, 0.3) is 0 Å². The second kappa shape index (κ2) is 6.77. The summed E-state index contributed by atoms with van der Waals surface area (Å²) in [6, 6.07) is 6.23. The maximum Gasteiger partial charge on any atom is 0.208 e. The summed E-state index contributed by atoms with van der Waals surface area (Å²) in [4.78, 5) is 6.41. The summed E-state index contributed by atoms with van der Waals surface area (Å²) >= 11 is 0. The van der Waals surface area contributed by atoms with Crippen molar-refractivity contribution in [3.8, 4) is 0 Å². The van der Waals surface area contributed by atoms with Crippen molar-refractivity contribution in [3.05, 3.63) is 48.0 Å². The number of hydrogen-bond donors (Lipinski definition) is 1. The fourth-order valence-electron chi connectivity index (χ4n) is 2.96. The zero-order chi connectivity index (χ0) is 16.3. The molecule has 0 amide bonds. The first kappa shape index (κ1) is 16.1. The number of sulfonamides is 1. The molecule has 0 aromatic carbocycles. The van der Waals surface area contributed by atoms with Gasteiger partial charge in [-0.15, -0.1) is 0 Å². The molecule has 7 nitrogen and oxygen atoms in total. The minimum atomic E-state index is -3.15. The largest absolute Gasteiger partial charge is 0.291 e. The molecule has 2 aromatic heterocycles. The van der Waals surface area contributed by atoms with Crippen molar-refractivity contribution in [2.24, 2.45) is 0 Å². The van der Waals surface area contributed by atoms with E-state index in [0.29, 0.717) is 13.0 Å². The molecule has 0 radical (unpaired) electrons. The van der Waals surface area contributed by atoms with Crippen LogP contribution in [0.25, 0.3) is 0 Å². The molecule has 0 saturated heterocycles. The maximum atomic E-state index is 11.2. The van der Waals surface area contributed by atoms with Gasteiger partial charge in [0.05, 0.1) is 18.0 Å². The summed E-state index contributed by atoms with van der Waals surface area (Å²) in [6.45, 7) is 2.97. The molecule has 0 spiro atoms. The molecular weight excluding hydrogens is 314 g/mol. The van der Waals surface area contributed by atoms with E-state index in [1.165, 1.54) is 11.8 Å². The van der Waals surface area contributed by atoms with Crippen LogP contribution in [0.5, 0.6) is 0 Å². The van der Waals surface area contributed by atoms with Crippen LogP contribution in [0.4, 0.5) is 0 Å². The van der Waals surface area contributed by atoms with Crippen LogP contribution in [0.2, 0.25) is 0 Å². The number of nitrogens with one attached hydrogen (secondary N) is 1. The van der Waals surface area contributed by atoms with Gasteiger partial charge < -0.3 is 0 Å². The second-order valence-electron chi connectivity index (χ2n) is 5.90. The van der Waals surface area contributed by atoms with Crippen LogP contribution in [-0.2, 0) is 23.1 Å². The van der Waals surface area contributed by atoms with E-state index >= 15 is 0 Å². The van der Waals surface area contributed by atoms with E-state index in [4.69, 9.17) is 0 Å². The Hall–Kier alpha value is -1.77. The van der Waals surface area contributed by atoms with Crippen molar-refractivity contribution < 1.29 is 8.42 Å². The van der Waals surface area contributed by atoms with E-state index in [2.05, 4.69) is 19.7 Å². The predicted molar refractivity (Wildman–Crippen MR) is 87.1 cm³/mol. The Balaban J connectivity index is 1.67. The first-order valence-corrected chi connectivity index (χ1v) is 9.49. The molecule has 0 bridgehead atoms. The van der Waals surface area contributed by atoms with Crippen molar-refractivity contribution in [1.82, 2.24) is 24.4 Å². The quantitative estimate of drug-likeness (QED) is 0.844. The minimum Gasteiger partial charge on any atom is -0.291 e. The van der Waals surface area contributed by atoms with Gasteiger partial charge in [-0.2, -0.15) is 5.10 Å². The number of hydrogen-bond acceptors (Lipinski definition) is 5. The number of rotatable bonds is 6. The molecule has 8 heteroatoms. The van der Waals surface area contributed by atoms with Crippen molar-refractivity contribution in [2.45, 2.75) is 25.6 Å². The average Bonchev–Trinajstić information content (AvgIpc) is 2.95. The van der Waals surface area contributed by atoms with Crippen molar-refractivity contribution >= 4 is 10.0 Å². The van der Waals surface area contributed by atoms with Gasteiger partial charge >= 0.3 is 0 Å². The Morgan fingerprint density at radius 1 is 1.26 bits per heavy atom. The van der Waals surface area contributed by atoms with Crippen molar-refractivity contribution in [2.75, 3.05) is 19.3 Å². The molecule has 0 aliphatic carbocycles. The molecule has 0 fully saturated rings. The third-order valence-corrected chi connectivity index (χ3v) is 4.68. The molecule has 1 atom stereocenters. The van der Waals surface area contributed by atoms with Crippen LogP contribution in [0.1, 0.15) is 23.7 Å². The first-order valence-electron chi connectivity index (χ1n) is 7.59. The summed E-state index contributed by atoms with van der Waals surface area (Å²) < 4.78 is 27.0. The number of fused-ring (bicyclic) bond motifs is 1. The van der Waals surface area contributed by atoms with Gasteiger partial charge in [0.1, 0.15) is 0 Å². The molecule has 2 aromatic rings. The zero-order valence-electron chi connectivity index (χ0n) is 13.1. The van der Waals surface area contributed by atoms with Crippen molar-refractivity contribution in [3.63, 3.8) is 0 Å². The highest BCUT2D eigenvalue weighted by Crippen LogP contribution is 2.23. The normalized spacial score (nSPS) is 18.7. The summed E-state index contributed by atoms with van der Waals surface area (Å²) in [5.41, 5.74) is 2.38. The maximum absolute atomic E-state index is 11.2. The van der Waals surface area contributed by atoms with Gasteiger partial charge in [-0.1, -0.05) is 0 Å². The van der Waals surface area contributed by atoms with Crippen LogP contribution < -0.4 is 4.72 Å². The van der Waals surface area contributed by atoms with Gasteiger partial charge in [0, 0.05) is 44.8 Å². The fraction of sp³-hybridized carbons (Fsp3) is 0.467. The highest BCUT2D eigenvalue weighted by atomic mass is 32.2. The standard InChI is InChI=1S/C15H21N5O2S/c1-23(21,22)18-9-5-15-12-19(10-13-2-6-16-7-3-13)11-14-4-8-17-20(14)15/h2-4,6-8,15,18H,5,9-12H2,1H3/t15-/m0/s1. The lowest BCUT2D eigenvalue weighted by molar-refractivity contribution is 0.162. The van der Waals surface area contributed by atoms with Gasteiger partial charge in [-0.25, -0.2) is 13.1 Å². The Morgan fingerprint density at radius 2 is 2.04 bits per heavy atom. The summed E-state index contributed by atoms with van der Waals surface area (Å²) in [5.74, 6) is 0. The van der Waals surface area contributed by atoms with Crippen LogP contribution in [0.3, 0.4) is 0 Å². The molecule has 3 heterocycles. The van der Waals surface area contributed by atoms with E-state index in [0.717, 1.165) is 25.3 Å². The van der Waals surface area contributed by atoms with E-state index in [1.807, 2.05) is 29.1 Å². The van der Waals surface area contributed by atoms with Crippen LogP contribution in [-0.4, -0.2) is 47.4 Å². The second-order valence-corrected chi connectivity index (χ2v) is 7.73. The molecule has 0 unspecified atom stereocenters. The summed E-state index contributed by atoms with van der Waals surface area (Å²) in [5, 5.41) is 4.40. The lowest BCUT2D eigenvalue weighted by Gasteiger charge is -2.34. The topological polar surface area (TPSA) is 80.1 Å². The van der Waals surface area contributed by atoms with E-state index < -0.39 is 10.0 Å². The zero-order valence-corrected chi connectivity index (χ0v) is 13.9. The molecule has 1 aliphatic heterocycles. The van der Waals surface area contributed by atoms with Gasteiger partial charge in [-0.05, 0) is 30.2 Å².